The third kappa shape index (κ3) is 4.82. The van der Waals surface area contributed by atoms with E-state index in [1.165, 1.54) is 92.5 Å². The molecule has 4 heteroatoms. The normalized spacial score (nSPS) is 13.5. The number of rotatable bonds is 5. The molecule has 0 unspecified atom stereocenters. The van der Waals surface area contributed by atoms with E-state index < -0.39 is 0 Å². The van der Waals surface area contributed by atoms with Crippen LogP contribution in [0.1, 0.15) is 36.2 Å². The Morgan fingerprint density at radius 2 is 1.11 bits per heavy atom. The van der Waals surface area contributed by atoms with Crippen molar-refractivity contribution < 1.29 is 0 Å². The van der Waals surface area contributed by atoms with Gasteiger partial charge in [0.25, 0.3) is 0 Å². The van der Waals surface area contributed by atoms with Gasteiger partial charge in [0.1, 0.15) is 0 Å². The average Bonchev–Trinajstić information content (AvgIpc) is 3.93. The van der Waals surface area contributed by atoms with E-state index in [-0.39, 0.29) is 5.41 Å². The van der Waals surface area contributed by atoms with Crippen molar-refractivity contribution in [3.63, 3.8) is 0 Å². The average molecular weight is 843 g/mol. The molecule has 3 heterocycles. The van der Waals surface area contributed by atoms with Gasteiger partial charge >= 0.3 is 0 Å². The molecule has 0 radical (unpaired) electrons. The van der Waals surface area contributed by atoms with E-state index in [1.807, 2.05) is 12.2 Å². The third-order valence-corrected chi connectivity index (χ3v) is 14.8. The molecule has 10 aromatic carbocycles. The van der Waals surface area contributed by atoms with Crippen LogP contribution in [0.15, 0.2) is 189 Å². The van der Waals surface area contributed by atoms with E-state index in [0.717, 1.165) is 44.6 Å². The predicted molar refractivity (Wildman–Crippen MR) is 279 cm³/mol. The van der Waals surface area contributed by atoms with Gasteiger partial charge in [0.2, 0.25) is 5.95 Å². The van der Waals surface area contributed by atoms with Gasteiger partial charge in [0.15, 0.2) is 0 Å². The van der Waals surface area contributed by atoms with Gasteiger partial charge in [-0.1, -0.05) is 166 Å². The highest BCUT2D eigenvalue weighted by atomic mass is 15.2. The van der Waals surface area contributed by atoms with Gasteiger partial charge < -0.3 is 4.57 Å². The molecule has 4 nitrogen and oxygen atoms in total. The van der Waals surface area contributed by atoms with Crippen molar-refractivity contribution >= 4 is 92.8 Å². The summed E-state index contributed by atoms with van der Waals surface area (Å²) in [5, 5.41) is 14.7. The quantitative estimate of drug-likeness (QED) is 0.0983. The molecular weight excluding hydrogens is 801 g/mol. The first-order valence-corrected chi connectivity index (χ1v) is 22.9. The fourth-order valence-corrected chi connectivity index (χ4v) is 11.9. The van der Waals surface area contributed by atoms with Crippen molar-refractivity contribution in [1.82, 2.24) is 19.1 Å². The number of aromatic nitrogens is 4. The van der Waals surface area contributed by atoms with E-state index >= 15 is 0 Å². The number of benzene rings is 10. The first-order chi connectivity index (χ1) is 32.4. The Morgan fingerprint density at radius 1 is 0.485 bits per heavy atom. The molecule has 0 atom stereocenters. The summed E-state index contributed by atoms with van der Waals surface area (Å²) >= 11 is 0. The van der Waals surface area contributed by atoms with Crippen LogP contribution in [-0.4, -0.2) is 19.1 Å². The fraction of sp³-hybridized carbons (Fsp3) is 0.0645. The maximum Gasteiger partial charge on any atom is 0.235 e. The Balaban J connectivity index is 1.11. The second-order valence-electron chi connectivity index (χ2n) is 18.5. The molecule has 1 aliphatic rings. The first-order valence-electron chi connectivity index (χ1n) is 22.9. The van der Waals surface area contributed by atoms with Crippen molar-refractivity contribution in [1.29, 1.82) is 0 Å². The zero-order chi connectivity index (χ0) is 44.0. The highest BCUT2D eigenvalue weighted by molar-refractivity contribution is 6.40. The Morgan fingerprint density at radius 3 is 1.88 bits per heavy atom. The first kappa shape index (κ1) is 37.1. The predicted octanol–water partition coefficient (Wildman–Crippen LogP) is 16.2. The van der Waals surface area contributed by atoms with Crippen LogP contribution < -0.4 is 0 Å². The lowest BCUT2D eigenvalue weighted by atomic mass is 9.82. The number of hydrogen-bond acceptors (Lipinski definition) is 2. The fourth-order valence-electron chi connectivity index (χ4n) is 11.9. The summed E-state index contributed by atoms with van der Waals surface area (Å²) in [7, 11) is 0. The third-order valence-electron chi connectivity index (χ3n) is 14.8. The summed E-state index contributed by atoms with van der Waals surface area (Å²) < 4.78 is 4.75. The van der Waals surface area contributed by atoms with E-state index in [0.29, 0.717) is 5.95 Å². The van der Waals surface area contributed by atoms with E-state index in [9.17, 15) is 0 Å². The Labute approximate surface area is 381 Å². The standard InChI is InChI=1S/C62H42N4/c1-5-6-20-39-36(2)65(61-63-52-29-14-11-22-44(52)60(64-61)37-31-32-41-40-21-10-13-28-50(40)62(3,4)51(41)33-37)54-34-48-49-35-55-59(45-23-12-15-30-53(45)66(55)38-18-8-7-9-19-38)47-27-17-25-43(57(47)49)42-24-16-26-46(56(42)48)58(39)54/h5-35H,1H2,2-4H3/b20-6-. The summed E-state index contributed by atoms with van der Waals surface area (Å²) in [6, 6.07) is 62.5. The molecule has 14 rings (SSSR count). The largest absolute Gasteiger partial charge is 0.309 e. The number of hydrogen-bond donors (Lipinski definition) is 0. The van der Waals surface area contributed by atoms with Crippen molar-refractivity contribution in [3.05, 3.63) is 211 Å². The van der Waals surface area contributed by atoms with Gasteiger partial charge in [0.05, 0.1) is 27.8 Å². The molecule has 0 fully saturated rings. The molecule has 13 aromatic rings. The summed E-state index contributed by atoms with van der Waals surface area (Å²) in [5.41, 5.74) is 14.9. The zero-order valence-corrected chi connectivity index (χ0v) is 36.9. The minimum Gasteiger partial charge on any atom is -0.309 e. The number of allylic oxidation sites excluding steroid dienone is 2. The van der Waals surface area contributed by atoms with Crippen LogP contribution in [0.4, 0.5) is 0 Å². The van der Waals surface area contributed by atoms with Crippen LogP contribution in [0, 0.1) is 6.92 Å². The molecule has 0 amide bonds. The van der Waals surface area contributed by atoms with Gasteiger partial charge in [-0.2, -0.15) is 0 Å². The zero-order valence-electron chi connectivity index (χ0n) is 36.9. The summed E-state index contributed by atoms with van der Waals surface area (Å²) in [6.07, 6.45) is 6.12. The van der Waals surface area contributed by atoms with Crippen molar-refractivity contribution in [2.24, 2.45) is 0 Å². The minimum absolute atomic E-state index is 0.142. The molecule has 0 aliphatic heterocycles. The van der Waals surface area contributed by atoms with Crippen molar-refractivity contribution in [2.45, 2.75) is 26.2 Å². The van der Waals surface area contributed by atoms with E-state index in [2.05, 4.69) is 212 Å². The van der Waals surface area contributed by atoms with Crippen molar-refractivity contribution in [2.75, 3.05) is 0 Å². The van der Waals surface area contributed by atoms with Crippen LogP contribution >= 0.6 is 0 Å². The lowest BCUT2D eigenvalue weighted by molar-refractivity contribution is 0.660. The van der Waals surface area contributed by atoms with Crippen LogP contribution in [0.25, 0.3) is 127 Å². The van der Waals surface area contributed by atoms with Gasteiger partial charge in [-0.3, -0.25) is 4.57 Å². The molecule has 0 saturated carbocycles. The smallest absolute Gasteiger partial charge is 0.235 e. The van der Waals surface area contributed by atoms with Crippen LogP contribution in [0.5, 0.6) is 0 Å². The van der Waals surface area contributed by atoms with E-state index in [1.54, 1.807) is 0 Å². The summed E-state index contributed by atoms with van der Waals surface area (Å²) in [5.74, 6) is 0.649. The number of para-hydroxylation sites is 3. The lowest BCUT2D eigenvalue weighted by Crippen LogP contribution is -2.15. The van der Waals surface area contributed by atoms with Crippen molar-refractivity contribution in [3.8, 4) is 34.0 Å². The second-order valence-corrected chi connectivity index (χ2v) is 18.5. The lowest BCUT2D eigenvalue weighted by Gasteiger charge is -2.22. The molecule has 66 heavy (non-hydrogen) atoms. The monoisotopic (exact) mass is 842 g/mol. The molecular formula is C62H42N4. The maximum atomic E-state index is 5.62. The minimum atomic E-state index is -0.142. The molecule has 3 aromatic heterocycles. The Hall–Kier alpha value is -8.34. The molecule has 310 valence electrons. The molecule has 0 bridgehead atoms. The van der Waals surface area contributed by atoms with E-state index in [4.69, 9.17) is 9.97 Å². The number of nitrogens with zero attached hydrogens (tertiary/aromatic N) is 4. The van der Waals surface area contributed by atoms with Gasteiger partial charge in [0, 0.05) is 49.5 Å². The summed E-state index contributed by atoms with van der Waals surface area (Å²) in [4.78, 5) is 11.1. The maximum absolute atomic E-state index is 5.62. The van der Waals surface area contributed by atoms with Crippen LogP contribution in [0.2, 0.25) is 0 Å². The SMILES string of the molecule is C=C/C=C\c1c(C)n(-c2nc(-c3ccc4c(c3)C(C)(C)c3ccccc3-4)c3ccccc3n2)c2cc3c4cc5c(c6cccc(c7cccc(c12)c73)c46)c1ccccc1n5-c1ccccc1. The Bertz CT molecular complexity index is 4270. The van der Waals surface area contributed by atoms with Gasteiger partial charge in [-0.15, -0.1) is 0 Å². The van der Waals surface area contributed by atoms with Gasteiger partial charge in [-0.05, 0) is 115 Å². The summed E-state index contributed by atoms with van der Waals surface area (Å²) in [6.45, 7) is 11.0. The van der Waals surface area contributed by atoms with Crippen LogP contribution in [0.3, 0.4) is 0 Å². The van der Waals surface area contributed by atoms with Crippen LogP contribution in [-0.2, 0) is 5.41 Å². The highest BCUT2D eigenvalue weighted by Gasteiger charge is 2.35. The molecule has 0 N–H and O–H groups in total. The molecule has 1 aliphatic carbocycles. The number of fused-ring (bicyclic) bond motifs is 12. The van der Waals surface area contributed by atoms with Gasteiger partial charge in [-0.25, -0.2) is 9.97 Å². The Kier molecular flexibility index (Phi) is 7.50. The topological polar surface area (TPSA) is 35.6 Å². The second kappa shape index (κ2) is 13.4. The molecule has 0 spiro atoms. The molecule has 0 saturated heterocycles. The highest BCUT2D eigenvalue weighted by Crippen LogP contribution is 2.51.